The number of rotatable bonds is 1. The molecule has 2 heterocycles. The number of phenols is 1. The van der Waals surface area contributed by atoms with Crippen LogP contribution in [-0.2, 0) is 10.5 Å². The maximum absolute atomic E-state index is 9.87. The van der Waals surface area contributed by atoms with E-state index in [4.69, 9.17) is 14.5 Å². The van der Waals surface area contributed by atoms with E-state index in [2.05, 4.69) is 5.32 Å². The van der Waals surface area contributed by atoms with Crippen molar-refractivity contribution >= 4 is 5.69 Å². The van der Waals surface area contributed by atoms with Crippen molar-refractivity contribution in [1.82, 2.24) is 0 Å². The van der Waals surface area contributed by atoms with Gasteiger partial charge in [0.2, 0.25) is 5.60 Å². The Balaban J connectivity index is 1.84. The van der Waals surface area contributed by atoms with Crippen molar-refractivity contribution in [3.63, 3.8) is 0 Å². The van der Waals surface area contributed by atoms with Gasteiger partial charge in [-0.25, -0.2) is 0 Å². The normalized spacial score (nSPS) is 19.4. The van der Waals surface area contributed by atoms with Crippen molar-refractivity contribution in [3.05, 3.63) is 77.4 Å². The van der Waals surface area contributed by atoms with Crippen molar-refractivity contribution < 1.29 is 19.6 Å². The van der Waals surface area contributed by atoms with Crippen molar-refractivity contribution in [2.75, 3.05) is 12.4 Å². The molecule has 0 saturated carbocycles. The number of aromatic hydroxyl groups is 1. The number of para-hydroxylation sites is 1. The molecule has 5 rings (SSSR count). The maximum atomic E-state index is 9.87. The third kappa shape index (κ3) is 1.81. The molecule has 0 radical (unpaired) electrons. The highest BCUT2D eigenvalue weighted by molar-refractivity contribution is 5.67. The number of fused-ring (bicyclic) bond motifs is 6. The summed E-state index contributed by atoms with van der Waals surface area (Å²) < 4.78 is 6.00. The van der Waals surface area contributed by atoms with Crippen molar-refractivity contribution in [2.24, 2.45) is 0 Å². The van der Waals surface area contributed by atoms with Gasteiger partial charge in [0.25, 0.3) is 0 Å². The zero-order valence-electron chi connectivity index (χ0n) is 13.4. The molecule has 1 atom stereocenters. The number of benzene rings is 3. The number of nitrogens with one attached hydrogen (secondary N) is 1. The molecule has 0 fully saturated rings. The van der Waals surface area contributed by atoms with Gasteiger partial charge in [0.15, 0.2) is 5.75 Å². The molecule has 25 heavy (non-hydrogen) atoms. The third-order valence-corrected chi connectivity index (χ3v) is 4.74. The molecule has 0 saturated heterocycles. The van der Waals surface area contributed by atoms with E-state index in [1.165, 1.54) is 0 Å². The van der Waals surface area contributed by atoms with E-state index in [-0.39, 0.29) is 5.75 Å². The van der Waals surface area contributed by atoms with Gasteiger partial charge >= 0.3 is 0 Å². The number of anilines is 1. The largest absolute Gasteiger partial charge is 0.508 e. The Morgan fingerprint density at radius 1 is 0.840 bits per heavy atom. The Bertz CT molecular complexity index is 1000. The summed E-state index contributed by atoms with van der Waals surface area (Å²) in [6, 6.07) is 18.6. The molecule has 2 aliphatic heterocycles. The smallest absolute Gasteiger partial charge is 0.201 e. The lowest BCUT2D eigenvalue weighted by Gasteiger charge is -2.34. The average Bonchev–Trinajstić information content (AvgIpc) is 3.01. The van der Waals surface area contributed by atoms with Crippen LogP contribution in [0.1, 0.15) is 16.7 Å². The minimum absolute atomic E-state index is 0.137. The summed E-state index contributed by atoms with van der Waals surface area (Å²) in [5, 5.41) is 13.0. The molecule has 0 aliphatic carbocycles. The fourth-order valence-electron chi connectivity index (χ4n) is 3.57. The van der Waals surface area contributed by atoms with E-state index < -0.39 is 5.60 Å². The van der Waals surface area contributed by atoms with Crippen LogP contribution in [0.15, 0.2) is 60.7 Å². The maximum Gasteiger partial charge on any atom is 0.201 e. The Morgan fingerprint density at radius 2 is 1.60 bits per heavy atom. The topological polar surface area (TPSA) is 60.0 Å². The van der Waals surface area contributed by atoms with Crippen molar-refractivity contribution in [1.29, 1.82) is 0 Å². The molecule has 2 aliphatic rings. The van der Waals surface area contributed by atoms with E-state index >= 15 is 0 Å². The lowest BCUT2D eigenvalue weighted by molar-refractivity contribution is -0.245. The fourth-order valence-corrected chi connectivity index (χ4v) is 3.57. The number of phenolic OH excluding ortho intramolecular Hbond substituents is 1. The van der Waals surface area contributed by atoms with Crippen LogP contribution in [-0.4, -0.2) is 12.2 Å². The SMILES string of the molecule is CNc1ccc2c(c1)OOC21c2ccccc2Oc2cc(O)ccc21. The van der Waals surface area contributed by atoms with Gasteiger partial charge in [-0.3, -0.25) is 0 Å². The third-order valence-electron chi connectivity index (χ3n) is 4.74. The van der Waals surface area contributed by atoms with E-state index in [0.29, 0.717) is 17.2 Å². The average molecular weight is 333 g/mol. The number of hydrogen-bond donors (Lipinski definition) is 2. The molecular weight excluding hydrogens is 318 g/mol. The quantitative estimate of drug-likeness (QED) is 0.655. The monoisotopic (exact) mass is 333 g/mol. The highest BCUT2D eigenvalue weighted by Gasteiger charge is 2.52. The Hall–Kier alpha value is -3.18. The molecule has 0 amide bonds. The first kappa shape index (κ1) is 14.2. The first-order chi connectivity index (χ1) is 12.2. The molecule has 0 aromatic heterocycles. The summed E-state index contributed by atoms with van der Waals surface area (Å²) in [6.07, 6.45) is 0. The molecule has 5 heteroatoms. The van der Waals surface area contributed by atoms with Gasteiger partial charge in [-0.2, -0.15) is 4.89 Å². The summed E-state index contributed by atoms with van der Waals surface area (Å²) in [5.74, 6) is 2.02. The zero-order valence-corrected chi connectivity index (χ0v) is 13.4. The zero-order chi connectivity index (χ0) is 17.0. The molecule has 2 N–H and O–H groups in total. The van der Waals surface area contributed by atoms with Crippen LogP contribution in [0.4, 0.5) is 5.69 Å². The number of hydrogen-bond acceptors (Lipinski definition) is 5. The van der Waals surface area contributed by atoms with Crippen LogP contribution >= 0.6 is 0 Å². The van der Waals surface area contributed by atoms with Crippen molar-refractivity contribution in [3.8, 4) is 23.0 Å². The second kappa shape index (κ2) is 4.91. The summed E-state index contributed by atoms with van der Waals surface area (Å²) in [5.41, 5.74) is 2.56. The summed E-state index contributed by atoms with van der Waals surface area (Å²) in [7, 11) is 1.86. The van der Waals surface area contributed by atoms with Gasteiger partial charge in [-0.15, -0.1) is 0 Å². The predicted octanol–water partition coefficient (Wildman–Crippen LogP) is 4.16. The van der Waals surface area contributed by atoms with Crippen molar-refractivity contribution in [2.45, 2.75) is 5.60 Å². The van der Waals surface area contributed by atoms with Crippen LogP contribution in [0.2, 0.25) is 0 Å². The minimum atomic E-state index is -0.931. The minimum Gasteiger partial charge on any atom is -0.508 e. The van der Waals surface area contributed by atoms with Gasteiger partial charge in [-0.05, 0) is 30.3 Å². The lowest BCUT2D eigenvalue weighted by atomic mass is 9.78. The molecule has 1 spiro atoms. The molecular formula is C20H15NO4. The van der Waals surface area contributed by atoms with Gasteiger partial charge < -0.3 is 20.0 Å². The summed E-state index contributed by atoms with van der Waals surface area (Å²) in [4.78, 5) is 11.6. The summed E-state index contributed by atoms with van der Waals surface area (Å²) in [6.45, 7) is 0. The molecule has 0 bridgehead atoms. The molecule has 1 unspecified atom stereocenters. The first-order valence-electron chi connectivity index (χ1n) is 8.01. The van der Waals surface area contributed by atoms with Crippen LogP contribution in [0.5, 0.6) is 23.0 Å². The predicted molar refractivity (Wildman–Crippen MR) is 92.2 cm³/mol. The summed E-state index contributed by atoms with van der Waals surface area (Å²) >= 11 is 0. The second-order valence-corrected chi connectivity index (χ2v) is 6.09. The van der Waals surface area contributed by atoms with Gasteiger partial charge in [-0.1, -0.05) is 18.2 Å². The van der Waals surface area contributed by atoms with E-state index in [1.54, 1.807) is 12.1 Å². The first-order valence-corrected chi connectivity index (χ1v) is 8.01. The number of ether oxygens (including phenoxy) is 1. The Labute approximate surface area is 144 Å². The van der Waals surface area contributed by atoms with Gasteiger partial charge in [0, 0.05) is 41.6 Å². The van der Waals surface area contributed by atoms with Crippen LogP contribution < -0.4 is 14.9 Å². The van der Waals surface area contributed by atoms with Crippen LogP contribution in [0, 0.1) is 0 Å². The molecule has 3 aromatic rings. The molecule has 124 valence electrons. The Morgan fingerprint density at radius 3 is 2.48 bits per heavy atom. The van der Waals surface area contributed by atoms with Gasteiger partial charge in [0.05, 0.1) is 0 Å². The van der Waals surface area contributed by atoms with E-state index in [9.17, 15) is 5.11 Å². The molecule has 5 nitrogen and oxygen atoms in total. The van der Waals surface area contributed by atoms with Gasteiger partial charge in [0.1, 0.15) is 17.2 Å². The standard InChI is InChI=1S/C20H15NO4/c1-21-12-6-8-16-19(10-12)24-25-20(16)14-4-2-3-5-17(14)23-18-11-13(22)7-9-15(18)20/h2-11,21-22H,1H3. The highest BCUT2D eigenvalue weighted by Crippen LogP contribution is 2.57. The van der Waals surface area contributed by atoms with Crippen LogP contribution in [0.3, 0.4) is 0 Å². The molecule has 3 aromatic carbocycles. The lowest BCUT2D eigenvalue weighted by Crippen LogP contribution is -2.32. The van der Waals surface area contributed by atoms with E-state index in [0.717, 1.165) is 22.4 Å². The van der Waals surface area contributed by atoms with Crippen LogP contribution in [0.25, 0.3) is 0 Å². The highest BCUT2D eigenvalue weighted by atomic mass is 17.2. The van der Waals surface area contributed by atoms with E-state index in [1.807, 2.05) is 55.6 Å². The Kier molecular flexibility index (Phi) is 2.79. The second-order valence-electron chi connectivity index (χ2n) is 6.09. The fraction of sp³-hybridized carbons (Fsp3) is 0.100.